The average molecular weight is 197 g/mol. The minimum absolute atomic E-state index is 0.491. The third kappa shape index (κ3) is 1.96. The summed E-state index contributed by atoms with van der Waals surface area (Å²) in [4.78, 5) is 15.6. The third-order valence-electron chi connectivity index (χ3n) is 1.52. The molecule has 0 spiro atoms. The first-order valence-electron chi connectivity index (χ1n) is 3.78. The van der Waals surface area contributed by atoms with Crippen LogP contribution in [-0.2, 0) is 0 Å². The molecule has 9 nitrogen and oxygen atoms in total. The Bertz CT molecular complexity index is 379. The van der Waals surface area contributed by atoms with Crippen LogP contribution in [0.5, 0.6) is 0 Å². The number of rotatable bonds is 4. The van der Waals surface area contributed by atoms with E-state index >= 15 is 0 Å². The number of hydrogen-bond donors (Lipinski definition) is 0. The first-order chi connectivity index (χ1) is 6.69. The highest BCUT2D eigenvalue weighted by molar-refractivity contribution is 4.97. The fraction of sp³-hybridized carbons (Fsp3) is 0.600. The fourth-order valence-electron chi connectivity index (χ4n) is 0.874. The van der Waals surface area contributed by atoms with Crippen molar-refractivity contribution in [3.63, 3.8) is 0 Å². The predicted molar refractivity (Wildman–Crippen MR) is 45.2 cm³/mol. The van der Waals surface area contributed by atoms with Crippen molar-refractivity contribution >= 4 is 5.95 Å². The summed E-state index contributed by atoms with van der Waals surface area (Å²) in [7, 11) is 0. The van der Waals surface area contributed by atoms with Crippen molar-refractivity contribution in [2.24, 2.45) is 5.11 Å². The Morgan fingerprint density at radius 1 is 1.93 bits per heavy atom. The Morgan fingerprint density at radius 3 is 3.07 bits per heavy atom. The van der Waals surface area contributed by atoms with Gasteiger partial charge in [0.1, 0.15) is 6.17 Å². The summed E-state index contributed by atoms with van der Waals surface area (Å²) in [6.07, 6.45) is 1.09. The van der Waals surface area contributed by atoms with E-state index in [0.717, 1.165) is 4.68 Å². The van der Waals surface area contributed by atoms with E-state index in [2.05, 4.69) is 20.1 Å². The molecule has 1 aromatic rings. The lowest BCUT2D eigenvalue weighted by Crippen LogP contribution is -2.05. The molecule has 1 aromatic heterocycles. The molecule has 0 aliphatic carbocycles. The van der Waals surface area contributed by atoms with Gasteiger partial charge in [-0.1, -0.05) is 17.0 Å². The van der Waals surface area contributed by atoms with Crippen molar-refractivity contribution in [1.82, 2.24) is 14.8 Å². The fourth-order valence-corrected chi connectivity index (χ4v) is 0.874. The molecule has 0 bridgehead atoms. The van der Waals surface area contributed by atoms with Crippen LogP contribution in [0.4, 0.5) is 5.95 Å². The Kier molecular flexibility index (Phi) is 2.97. The summed E-state index contributed by atoms with van der Waals surface area (Å²) < 4.78 is 1.16. The monoisotopic (exact) mass is 197 g/mol. The van der Waals surface area contributed by atoms with E-state index in [0.29, 0.717) is 6.42 Å². The van der Waals surface area contributed by atoms with Gasteiger partial charge in [-0.2, -0.15) is 4.68 Å². The van der Waals surface area contributed by atoms with E-state index in [1.165, 1.54) is 6.33 Å². The number of hydrogen-bond acceptors (Lipinski definition) is 5. The normalized spacial score (nSPS) is 11.8. The maximum atomic E-state index is 10.2. The number of azide groups is 1. The summed E-state index contributed by atoms with van der Waals surface area (Å²) in [5, 5.41) is 17.2. The molecule has 0 aliphatic heterocycles. The summed E-state index contributed by atoms with van der Waals surface area (Å²) in [6.45, 7) is 1.77. The molecule has 0 amide bonds. The summed E-state index contributed by atoms with van der Waals surface area (Å²) >= 11 is 0. The van der Waals surface area contributed by atoms with Crippen LogP contribution in [0.3, 0.4) is 0 Å². The van der Waals surface area contributed by atoms with Crippen LogP contribution in [0.15, 0.2) is 11.4 Å². The molecule has 1 unspecified atom stereocenters. The van der Waals surface area contributed by atoms with Gasteiger partial charge in [-0.05, 0) is 16.9 Å². The third-order valence-corrected chi connectivity index (χ3v) is 1.52. The zero-order valence-corrected chi connectivity index (χ0v) is 7.31. The van der Waals surface area contributed by atoms with Gasteiger partial charge in [0.25, 0.3) is 0 Å². The van der Waals surface area contributed by atoms with Gasteiger partial charge in [-0.15, -0.1) is 0 Å². The van der Waals surface area contributed by atoms with Crippen molar-refractivity contribution in [2.75, 3.05) is 0 Å². The molecular weight excluding hydrogens is 190 g/mol. The largest absolute Gasteiger partial charge is 0.490 e. The maximum Gasteiger partial charge on any atom is 0.490 e. The van der Waals surface area contributed by atoms with Crippen LogP contribution in [0.25, 0.3) is 10.4 Å². The van der Waals surface area contributed by atoms with E-state index in [4.69, 9.17) is 5.53 Å². The smallest absolute Gasteiger partial charge is 0.390 e. The molecule has 0 aromatic carbocycles. The Hall–Kier alpha value is -2.15. The molecule has 0 N–H and O–H groups in total. The van der Waals surface area contributed by atoms with Crippen LogP contribution >= 0.6 is 0 Å². The number of nitro groups is 1. The van der Waals surface area contributed by atoms with E-state index in [-0.39, 0.29) is 0 Å². The quantitative estimate of drug-likeness (QED) is 0.238. The van der Waals surface area contributed by atoms with Crippen molar-refractivity contribution in [2.45, 2.75) is 19.5 Å². The zero-order chi connectivity index (χ0) is 10.6. The van der Waals surface area contributed by atoms with Gasteiger partial charge in [0.15, 0.2) is 0 Å². The number of aromatic nitrogens is 3. The predicted octanol–water partition coefficient (Wildman–Crippen LogP) is 1.41. The first kappa shape index (κ1) is 9.93. The average Bonchev–Trinajstić information content (AvgIpc) is 2.63. The van der Waals surface area contributed by atoms with Gasteiger partial charge in [0.05, 0.1) is 0 Å². The molecule has 74 valence electrons. The Labute approximate surface area is 78.1 Å². The van der Waals surface area contributed by atoms with Crippen LogP contribution < -0.4 is 0 Å². The lowest BCUT2D eigenvalue weighted by molar-refractivity contribution is -0.394. The van der Waals surface area contributed by atoms with Gasteiger partial charge in [-0.3, -0.25) is 0 Å². The summed E-state index contributed by atoms with van der Waals surface area (Å²) in [5.74, 6) is -0.503. The van der Waals surface area contributed by atoms with E-state index in [1.54, 1.807) is 6.92 Å². The molecule has 0 saturated heterocycles. The van der Waals surface area contributed by atoms with Gasteiger partial charge < -0.3 is 10.1 Å². The lowest BCUT2D eigenvalue weighted by Gasteiger charge is -2.01. The van der Waals surface area contributed by atoms with Crippen molar-refractivity contribution in [3.8, 4) is 0 Å². The van der Waals surface area contributed by atoms with Gasteiger partial charge in [-0.25, -0.2) is 0 Å². The molecule has 0 aliphatic rings. The topological polar surface area (TPSA) is 123 Å². The van der Waals surface area contributed by atoms with Crippen LogP contribution in [0.2, 0.25) is 0 Å². The molecule has 1 rings (SSSR count). The van der Waals surface area contributed by atoms with Crippen molar-refractivity contribution in [3.05, 3.63) is 26.9 Å². The maximum absolute atomic E-state index is 10.2. The highest BCUT2D eigenvalue weighted by Crippen LogP contribution is 2.12. The van der Waals surface area contributed by atoms with Crippen LogP contribution in [0.1, 0.15) is 19.5 Å². The van der Waals surface area contributed by atoms with Gasteiger partial charge in [0, 0.05) is 10.0 Å². The second-order valence-corrected chi connectivity index (χ2v) is 2.38. The van der Waals surface area contributed by atoms with Gasteiger partial charge >= 0.3 is 5.95 Å². The highest BCUT2D eigenvalue weighted by Gasteiger charge is 2.17. The molecule has 1 atom stereocenters. The first-order valence-corrected chi connectivity index (χ1v) is 3.78. The second kappa shape index (κ2) is 4.19. The van der Waals surface area contributed by atoms with E-state index in [1.807, 2.05) is 0 Å². The zero-order valence-electron chi connectivity index (χ0n) is 7.31. The molecule has 14 heavy (non-hydrogen) atoms. The summed E-state index contributed by atoms with van der Waals surface area (Å²) in [5.41, 5.74) is 8.21. The molecular formula is C5H7N7O2. The lowest BCUT2D eigenvalue weighted by atomic mass is 10.4. The molecule has 1 heterocycles. The Morgan fingerprint density at radius 2 is 2.64 bits per heavy atom. The molecule has 0 fully saturated rings. The molecule has 9 heteroatoms. The Balaban J connectivity index is 2.94. The molecule has 0 radical (unpaired) electrons. The minimum atomic E-state index is -0.709. The standard InChI is InChI=1S/C5H7N7O2/c1-2-4(8-10-6)11-3-7-5(9-11)12(13)14/h3-4H,2H2,1H3. The molecule has 0 saturated carbocycles. The minimum Gasteiger partial charge on any atom is -0.390 e. The van der Waals surface area contributed by atoms with Crippen LogP contribution in [-0.4, -0.2) is 19.7 Å². The SMILES string of the molecule is CCC(N=[N+]=[N-])n1cnc([N+](=O)[O-])n1. The van der Waals surface area contributed by atoms with Crippen LogP contribution in [0, 0.1) is 10.1 Å². The highest BCUT2D eigenvalue weighted by atomic mass is 16.6. The van der Waals surface area contributed by atoms with E-state index in [9.17, 15) is 10.1 Å². The number of nitrogens with zero attached hydrogens (tertiary/aromatic N) is 7. The van der Waals surface area contributed by atoms with E-state index < -0.39 is 17.0 Å². The summed E-state index contributed by atoms with van der Waals surface area (Å²) in [6, 6.07) is 0. The van der Waals surface area contributed by atoms with Gasteiger partial charge in [0.2, 0.25) is 6.33 Å². The second-order valence-electron chi connectivity index (χ2n) is 2.38. The van der Waals surface area contributed by atoms with Crippen molar-refractivity contribution in [1.29, 1.82) is 0 Å². The van der Waals surface area contributed by atoms with Crippen molar-refractivity contribution < 1.29 is 4.92 Å².